The molecule has 4 heterocycles. The molecule has 54 heavy (non-hydrogen) atoms. The molecule has 0 radical (unpaired) electrons. The van der Waals surface area contributed by atoms with Crippen LogP contribution in [0.2, 0.25) is 0 Å². The zero-order chi connectivity index (χ0) is 38.7. The Bertz CT molecular complexity index is 1920. The molecule has 0 saturated carbocycles. The van der Waals surface area contributed by atoms with E-state index in [0.717, 1.165) is 62.1 Å². The highest BCUT2D eigenvalue weighted by atomic mass is 19.1. The minimum absolute atomic E-state index is 0.0334. The average Bonchev–Trinajstić information content (AvgIpc) is 3.98. The molecule has 1 unspecified atom stereocenters. The first-order valence-corrected chi connectivity index (χ1v) is 18.9. The number of benzene rings is 3. The third-order valence-corrected chi connectivity index (χ3v) is 9.43. The molecule has 0 amide bonds. The van der Waals surface area contributed by atoms with Gasteiger partial charge < -0.3 is 24.0 Å². The van der Waals surface area contributed by atoms with Gasteiger partial charge in [0.25, 0.3) is 0 Å². The summed E-state index contributed by atoms with van der Waals surface area (Å²) in [7, 11) is 0. The highest BCUT2D eigenvalue weighted by Gasteiger charge is 2.46. The normalized spacial score (nSPS) is 18.2. The van der Waals surface area contributed by atoms with E-state index in [1.807, 2.05) is 64.1 Å². The second-order valence-corrected chi connectivity index (χ2v) is 12.5. The summed E-state index contributed by atoms with van der Waals surface area (Å²) >= 11 is 0. The number of halogens is 2. The number of anilines is 2. The summed E-state index contributed by atoms with van der Waals surface area (Å²) in [5, 5.41) is 8.46. The van der Waals surface area contributed by atoms with E-state index in [4.69, 9.17) is 14.2 Å². The van der Waals surface area contributed by atoms with E-state index < -0.39 is 23.5 Å². The third-order valence-electron chi connectivity index (χ3n) is 9.43. The van der Waals surface area contributed by atoms with E-state index in [1.54, 1.807) is 15.6 Å². The van der Waals surface area contributed by atoms with Gasteiger partial charge in [-0.3, -0.25) is 0 Å². The molecule has 0 bridgehead atoms. The van der Waals surface area contributed by atoms with Gasteiger partial charge in [0.2, 0.25) is 5.79 Å². The van der Waals surface area contributed by atoms with Crippen molar-refractivity contribution in [1.29, 1.82) is 0 Å². The maximum Gasteiger partial charge on any atom is 0.350 e. The molecule has 3 aromatic carbocycles. The lowest BCUT2D eigenvalue weighted by Crippen LogP contribution is -2.46. The summed E-state index contributed by atoms with van der Waals surface area (Å²) in [4.78, 5) is 21.6. The molecule has 290 valence electrons. The SMILES string of the molecule is CC.CC.CCC(CC)n1ncn(-c2ccc(N3CCN(c4ccc(OC[C@H]5COC(Cn6cncn6)(c6ccc(F)cc6F)O5)cc4)CC3)cc2)c1=O. The molecular formula is C40H52F2N8O4. The van der Waals surface area contributed by atoms with Gasteiger partial charge in [-0.15, -0.1) is 0 Å². The molecule has 2 aliphatic heterocycles. The van der Waals surface area contributed by atoms with Crippen LogP contribution < -0.4 is 20.2 Å². The summed E-state index contributed by atoms with van der Waals surface area (Å²) in [6.07, 6.45) is 5.67. The highest BCUT2D eigenvalue weighted by molar-refractivity contribution is 5.54. The van der Waals surface area contributed by atoms with Crippen molar-refractivity contribution < 1.29 is 23.0 Å². The number of hydrogen-bond donors (Lipinski definition) is 0. The van der Waals surface area contributed by atoms with Crippen LogP contribution in [0.1, 0.15) is 66.0 Å². The van der Waals surface area contributed by atoms with E-state index in [1.165, 1.54) is 29.5 Å². The molecule has 2 aliphatic rings. The number of hydrogen-bond acceptors (Lipinski definition) is 9. The third kappa shape index (κ3) is 8.99. The summed E-state index contributed by atoms with van der Waals surface area (Å²) in [6.45, 7) is 15.9. The lowest BCUT2D eigenvalue weighted by atomic mass is 10.0. The van der Waals surface area contributed by atoms with Crippen LogP contribution in [0.25, 0.3) is 5.69 Å². The van der Waals surface area contributed by atoms with Crippen molar-refractivity contribution in [2.24, 2.45) is 0 Å². The van der Waals surface area contributed by atoms with Crippen LogP contribution in [0.5, 0.6) is 5.75 Å². The van der Waals surface area contributed by atoms with Gasteiger partial charge in [0.1, 0.15) is 55.6 Å². The van der Waals surface area contributed by atoms with Crippen molar-refractivity contribution in [3.8, 4) is 11.4 Å². The Morgan fingerprint density at radius 2 is 1.44 bits per heavy atom. The second kappa shape index (κ2) is 18.8. The van der Waals surface area contributed by atoms with Crippen molar-refractivity contribution in [2.75, 3.05) is 49.2 Å². The van der Waals surface area contributed by atoms with Gasteiger partial charge in [0.05, 0.1) is 18.3 Å². The molecule has 0 aliphatic carbocycles. The minimum atomic E-state index is -1.51. The van der Waals surface area contributed by atoms with E-state index in [9.17, 15) is 13.6 Å². The Hall–Kier alpha value is -5.08. The zero-order valence-corrected chi connectivity index (χ0v) is 32.1. The fourth-order valence-corrected chi connectivity index (χ4v) is 6.65. The van der Waals surface area contributed by atoms with Crippen LogP contribution in [-0.4, -0.2) is 74.6 Å². The summed E-state index contributed by atoms with van der Waals surface area (Å²) in [6, 6.07) is 19.4. The Balaban J connectivity index is 0.00000136. The van der Waals surface area contributed by atoms with Crippen LogP contribution in [0.15, 0.2) is 90.5 Å². The number of nitrogens with zero attached hydrogens (tertiary/aromatic N) is 8. The van der Waals surface area contributed by atoms with Gasteiger partial charge in [-0.2, -0.15) is 10.2 Å². The van der Waals surface area contributed by atoms with Crippen molar-refractivity contribution in [3.63, 3.8) is 0 Å². The lowest BCUT2D eigenvalue weighted by Gasteiger charge is -2.37. The number of ether oxygens (including phenoxy) is 3. The molecule has 12 nitrogen and oxygen atoms in total. The van der Waals surface area contributed by atoms with Gasteiger partial charge in [-0.25, -0.2) is 32.5 Å². The van der Waals surface area contributed by atoms with E-state index in [0.29, 0.717) is 5.75 Å². The fraction of sp³-hybridized carbons (Fsp3) is 0.450. The zero-order valence-electron chi connectivity index (χ0n) is 32.1. The smallest absolute Gasteiger partial charge is 0.350 e. The molecule has 2 aromatic heterocycles. The lowest BCUT2D eigenvalue weighted by molar-refractivity contribution is -0.192. The van der Waals surface area contributed by atoms with Crippen LogP contribution in [0, 0.1) is 11.6 Å². The average molecular weight is 747 g/mol. The van der Waals surface area contributed by atoms with Crippen LogP contribution in [0.3, 0.4) is 0 Å². The van der Waals surface area contributed by atoms with Crippen LogP contribution >= 0.6 is 0 Å². The first kappa shape index (κ1) is 40.1. The predicted octanol–water partition coefficient (Wildman–Crippen LogP) is 6.99. The molecule has 7 rings (SSSR count). The first-order chi connectivity index (χ1) is 26.4. The molecule has 14 heteroatoms. The van der Waals surface area contributed by atoms with E-state index in [2.05, 4.69) is 51.0 Å². The quantitative estimate of drug-likeness (QED) is 0.134. The summed E-state index contributed by atoms with van der Waals surface area (Å²) in [5.74, 6) is -2.30. The largest absolute Gasteiger partial charge is 0.491 e. The Morgan fingerprint density at radius 1 is 0.833 bits per heavy atom. The summed E-state index contributed by atoms with van der Waals surface area (Å²) < 4.78 is 51.5. The van der Waals surface area contributed by atoms with Crippen molar-refractivity contribution in [2.45, 2.75) is 78.9 Å². The first-order valence-electron chi connectivity index (χ1n) is 18.9. The minimum Gasteiger partial charge on any atom is -0.491 e. The summed E-state index contributed by atoms with van der Waals surface area (Å²) in [5.41, 5.74) is 2.98. The second-order valence-electron chi connectivity index (χ2n) is 12.5. The van der Waals surface area contributed by atoms with Crippen LogP contribution in [-0.2, 0) is 21.8 Å². The van der Waals surface area contributed by atoms with Crippen molar-refractivity contribution in [3.05, 3.63) is 113 Å². The monoisotopic (exact) mass is 746 g/mol. The maximum atomic E-state index is 14.9. The highest BCUT2D eigenvalue weighted by Crippen LogP contribution is 2.38. The Kier molecular flexibility index (Phi) is 14.0. The molecular weight excluding hydrogens is 694 g/mol. The molecule has 0 spiro atoms. The van der Waals surface area contributed by atoms with Crippen LogP contribution in [0.4, 0.5) is 20.2 Å². The maximum absolute atomic E-state index is 14.9. The predicted molar refractivity (Wildman–Crippen MR) is 205 cm³/mol. The standard InChI is InChI=1S/C36H40F2N8O4.2C2H6/c1-3-27(4-2)46-35(47)45(25-41-46)30-8-6-28(7-9-30)42-15-17-43(18-16-42)29-10-12-31(13-11-29)48-20-32-21-49-36(50-32,22-44-24-39-23-40-44)33-14-5-26(37)19-34(33)38;2*1-2/h5-14,19,23-25,27,32H,3-4,15-18,20-22H2,1-2H3;2*1-2H3/t32-,36?;;/m0../s1. The molecule has 0 N–H and O–H groups in total. The molecule has 2 saturated heterocycles. The van der Waals surface area contributed by atoms with E-state index >= 15 is 0 Å². The number of piperazine rings is 1. The fourth-order valence-electron chi connectivity index (χ4n) is 6.65. The molecule has 2 atom stereocenters. The van der Waals surface area contributed by atoms with Gasteiger partial charge >= 0.3 is 5.69 Å². The van der Waals surface area contributed by atoms with Crippen molar-refractivity contribution in [1.82, 2.24) is 29.1 Å². The Labute approximate surface area is 315 Å². The topological polar surface area (TPSA) is 105 Å². The number of aromatic nitrogens is 6. The van der Waals surface area contributed by atoms with Gasteiger partial charge in [-0.1, -0.05) is 41.5 Å². The molecule has 5 aromatic rings. The number of rotatable bonds is 12. The van der Waals surface area contributed by atoms with Gasteiger partial charge in [0, 0.05) is 49.2 Å². The molecule has 2 fully saturated rings. The van der Waals surface area contributed by atoms with E-state index in [-0.39, 0.29) is 37.1 Å². The van der Waals surface area contributed by atoms with Crippen molar-refractivity contribution >= 4 is 11.4 Å². The Morgan fingerprint density at radius 3 is 2.02 bits per heavy atom. The van der Waals surface area contributed by atoms with Gasteiger partial charge in [-0.05, 0) is 73.5 Å². The van der Waals surface area contributed by atoms with Gasteiger partial charge in [0.15, 0.2) is 0 Å².